The van der Waals surface area contributed by atoms with Crippen LogP contribution in [0, 0.1) is 0 Å². The molecule has 1 saturated carbocycles. The average Bonchev–Trinajstić information content (AvgIpc) is 2.96. The number of amides is 1. The van der Waals surface area contributed by atoms with Gasteiger partial charge in [0.2, 0.25) is 0 Å². The number of aliphatic carboxylic acids is 1. The molecule has 96 valence electrons. The summed E-state index contributed by atoms with van der Waals surface area (Å²) in [5.74, 6) is -1.39. The van der Waals surface area contributed by atoms with Crippen LogP contribution < -0.4 is 5.48 Å². The van der Waals surface area contributed by atoms with E-state index in [1.54, 1.807) is 0 Å². The topological polar surface area (TPSA) is 84.9 Å². The summed E-state index contributed by atoms with van der Waals surface area (Å²) in [6.07, 6.45) is 3.51. The summed E-state index contributed by atoms with van der Waals surface area (Å²) in [6, 6.07) is 0. The molecule has 6 heteroatoms. The quantitative estimate of drug-likeness (QED) is 0.707. The number of hydrogen-bond donors (Lipinski definition) is 2. The van der Waals surface area contributed by atoms with E-state index in [9.17, 15) is 9.59 Å². The maximum absolute atomic E-state index is 11.6. The van der Waals surface area contributed by atoms with E-state index >= 15 is 0 Å². The van der Waals surface area contributed by atoms with Crippen molar-refractivity contribution < 1.29 is 24.3 Å². The van der Waals surface area contributed by atoms with Gasteiger partial charge in [-0.2, -0.15) is 0 Å². The molecule has 1 aliphatic heterocycles. The van der Waals surface area contributed by atoms with Crippen LogP contribution in [0.3, 0.4) is 0 Å². The van der Waals surface area contributed by atoms with Crippen LogP contribution in [0.4, 0.5) is 0 Å². The van der Waals surface area contributed by atoms with E-state index in [2.05, 4.69) is 5.48 Å². The number of nitrogens with one attached hydrogen (secondary N) is 1. The normalized spacial score (nSPS) is 29.4. The summed E-state index contributed by atoms with van der Waals surface area (Å²) >= 11 is 0. The summed E-state index contributed by atoms with van der Waals surface area (Å²) in [6.45, 7) is 0. The smallest absolute Gasteiger partial charge is 0.332 e. The van der Waals surface area contributed by atoms with Crippen molar-refractivity contribution in [2.45, 2.75) is 56.8 Å². The number of hydroxylamine groups is 1. The molecule has 2 fully saturated rings. The van der Waals surface area contributed by atoms with Crippen LogP contribution >= 0.6 is 0 Å². The van der Waals surface area contributed by atoms with Crippen LogP contribution in [-0.4, -0.2) is 35.3 Å². The summed E-state index contributed by atoms with van der Waals surface area (Å²) < 4.78 is 5.11. The minimum Gasteiger partial charge on any atom is -0.479 e. The zero-order valence-electron chi connectivity index (χ0n) is 9.55. The number of ether oxygens (including phenoxy) is 1. The van der Waals surface area contributed by atoms with Crippen LogP contribution in [-0.2, 0) is 19.2 Å². The van der Waals surface area contributed by atoms with Crippen molar-refractivity contribution in [3.63, 3.8) is 0 Å². The van der Waals surface area contributed by atoms with Crippen LogP contribution in [0.5, 0.6) is 0 Å². The fraction of sp³-hybridized carbons (Fsp3) is 0.818. The van der Waals surface area contributed by atoms with Gasteiger partial charge in [0.05, 0.1) is 6.10 Å². The number of carboxylic acids is 1. The molecule has 1 heterocycles. The van der Waals surface area contributed by atoms with E-state index in [1.807, 2.05) is 0 Å². The van der Waals surface area contributed by atoms with Crippen molar-refractivity contribution in [1.29, 1.82) is 0 Å². The lowest BCUT2D eigenvalue weighted by molar-refractivity contribution is -0.157. The summed E-state index contributed by atoms with van der Waals surface area (Å²) in [5, 5.41) is 8.73. The number of hydrogen-bond acceptors (Lipinski definition) is 4. The second kappa shape index (κ2) is 5.46. The van der Waals surface area contributed by atoms with Gasteiger partial charge < -0.3 is 9.84 Å². The average molecular weight is 243 g/mol. The molecule has 1 amide bonds. The second-order valence-electron chi connectivity index (χ2n) is 4.52. The Morgan fingerprint density at radius 3 is 2.35 bits per heavy atom. The molecule has 0 radical (unpaired) electrons. The summed E-state index contributed by atoms with van der Waals surface area (Å²) in [5.41, 5.74) is 2.37. The Hall–Kier alpha value is -1.14. The Morgan fingerprint density at radius 1 is 1.12 bits per heavy atom. The van der Waals surface area contributed by atoms with Gasteiger partial charge in [0.15, 0.2) is 6.10 Å². The molecule has 0 spiro atoms. The maximum atomic E-state index is 11.6. The van der Waals surface area contributed by atoms with E-state index in [-0.39, 0.29) is 12.0 Å². The highest BCUT2D eigenvalue weighted by Crippen LogP contribution is 2.22. The zero-order valence-corrected chi connectivity index (χ0v) is 9.55. The fourth-order valence-electron chi connectivity index (χ4n) is 2.23. The monoisotopic (exact) mass is 243 g/mol. The number of rotatable bonds is 4. The van der Waals surface area contributed by atoms with Gasteiger partial charge in [0.1, 0.15) is 6.10 Å². The first-order chi connectivity index (χ1) is 8.16. The predicted molar refractivity (Wildman–Crippen MR) is 57.0 cm³/mol. The minimum atomic E-state index is -1.02. The largest absolute Gasteiger partial charge is 0.479 e. The second-order valence-corrected chi connectivity index (χ2v) is 4.52. The third-order valence-corrected chi connectivity index (χ3v) is 3.22. The van der Waals surface area contributed by atoms with Crippen molar-refractivity contribution >= 4 is 11.9 Å². The first-order valence-corrected chi connectivity index (χ1v) is 6.00. The third-order valence-electron chi connectivity index (χ3n) is 3.22. The molecule has 2 N–H and O–H groups in total. The van der Waals surface area contributed by atoms with Gasteiger partial charge in [-0.25, -0.2) is 10.3 Å². The number of carboxylic acid groups (broad SMARTS) is 1. The standard InChI is InChI=1S/C11H17NO5/c13-10(12-17-7-3-1-2-4-7)8-5-6-9(16-8)11(14)15/h7-9H,1-6H2,(H,12,13)(H,14,15)/t8-,9+/m0/s1. The Morgan fingerprint density at radius 2 is 1.76 bits per heavy atom. The van der Waals surface area contributed by atoms with Gasteiger partial charge >= 0.3 is 5.97 Å². The molecule has 0 aromatic heterocycles. The molecular formula is C11H17NO5. The predicted octanol–water partition coefficient (Wildman–Crippen LogP) is 0.609. The molecule has 1 saturated heterocycles. The lowest BCUT2D eigenvalue weighted by atomic mass is 10.2. The fourth-order valence-corrected chi connectivity index (χ4v) is 2.23. The lowest BCUT2D eigenvalue weighted by Gasteiger charge is -2.14. The van der Waals surface area contributed by atoms with E-state index in [1.165, 1.54) is 0 Å². The Balaban J connectivity index is 1.71. The number of carbonyl (C=O) groups excluding carboxylic acids is 1. The van der Waals surface area contributed by atoms with Crippen molar-refractivity contribution in [3.05, 3.63) is 0 Å². The first-order valence-electron chi connectivity index (χ1n) is 6.00. The van der Waals surface area contributed by atoms with Gasteiger partial charge in [-0.15, -0.1) is 0 Å². The maximum Gasteiger partial charge on any atom is 0.332 e. The Kier molecular flexibility index (Phi) is 3.96. The molecule has 0 unspecified atom stereocenters. The Bertz CT molecular complexity index is 300. The van der Waals surface area contributed by atoms with Gasteiger partial charge in [-0.3, -0.25) is 9.63 Å². The third kappa shape index (κ3) is 3.17. The lowest BCUT2D eigenvalue weighted by Crippen LogP contribution is -2.37. The summed E-state index contributed by atoms with van der Waals surface area (Å²) in [7, 11) is 0. The van der Waals surface area contributed by atoms with Crippen LogP contribution in [0.1, 0.15) is 38.5 Å². The molecule has 17 heavy (non-hydrogen) atoms. The van der Waals surface area contributed by atoms with Gasteiger partial charge in [-0.05, 0) is 25.7 Å². The van der Waals surface area contributed by atoms with Crippen LogP contribution in [0.15, 0.2) is 0 Å². The van der Waals surface area contributed by atoms with Gasteiger partial charge in [0, 0.05) is 0 Å². The van der Waals surface area contributed by atoms with Crippen molar-refractivity contribution in [3.8, 4) is 0 Å². The van der Waals surface area contributed by atoms with Crippen molar-refractivity contribution in [1.82, 2.24) is 5.48 Å². The molecule has 2 aliphatic rings. The van der Waals surface area contributed by atoms with E-state index in [4.69, 9.17) is 14.7 Å². The highest BCUT2D eigenvalue weighted by molar-refractivity contribution is 5.81. The minimum absolute atomic E-state index is 0.0932. The van der Waals surface area contributed by atoms with Crippen LogP contribution in [0.2, 0.25) is 0 Å². The van der Waals surface area contributed by atoms with Crippen molar-refractivity contribution in [2.75, 3.05) is 0 Å². The van der Waals surface area contributed by atoms with Gasteiger partial charge in [-0.1, -0.05) is 12.8 Å². The molecule has 0 aromatic rings. The molecule has 1 aliphatic carbocycles. The molecular weight excluding hydrogens is 226 g/mol. The molecule has 0 bridgehead atoms. The van der Waals surface area contributed by atoms with Crippen molar-refractivity contribution in [2.24, 2.45) is 0 Å². The molecule has 0 aromatic carbocycles. The van der Waals surface area contributed by atoms with E-state index in [0.29, 0.717) is 12.8 Å². The molecule has 2 atom stereocenters. The zero-order chi connectivity index (χ0) is 12.3. The number of carbonyl (C=O) groups is 2. The molecule has 6 nitrogen and oxygen atoms in total. The van der Waals surface area contributed by atoms with Crippen LogP contribution in [0.25, 0.3) is 0 Å². The van der Waals surface area contributed by atoms with Gasteiger partial charge in [0.25, 0.3) is 5.91 Å². The van der Waals surface area contributed by atoms with E-state index < -0.39 is 18.2 Å². The van der Waals surface area contributed by atoms with E-state index in [0.717, 1.165) is 25.7 Å². The SMILES string of the molecule is O=C(NOC1CCCC1)[C@@H]1CC[C@H](C(=O)O)O1. The summed E-state index contributed by atoms with van der Waals surface area (Å²) in [4.78, 5) is 27.5. The Labute approximate surface area is 99.2 Å². The highest BCUT2D eigenvalue weighted by Gasteiger charge is 2.35. The molecule has 2 rings (SSSR count). The highest BCUT2D eigenvalue weighted by atomic mass is 16.7. The first kappa shape index (κ1) is 12.3.